The van der Waals surface area contributed by atoms with E-state index < -0.39 is 17.6 Å². The summed E-state index contributed by atoms with van der Waals surface area (Å²) in [6.07, 6.45) is 2.52. The molecule has 5 heteroatoms. The van der Waals surface area contributed by atoms with Gasteiger partial charge in [0, 0.05) is 17.2 Å². The highest BCUT2D eigenvalue weighted by atomic mass is 19.2. The van der Waals surface area contributed by atoms with Crippen LogP contribution >= 0.6 is 0 Å². The van der Waals surface area contributed by atoms with Crippen LogP contribution in [0.25, 0.3) is 22.3 Å². The molecule has 0 saturated carbocycles. The SMILES string of the molecule is C=CC(=O)OCCCCOc1ccc(-c2ccc(-c3ccccc3)c(F)c2F)cc1. The number of halogens is 2. The molecule has 0 amide bonds. The van der Waals surface area contributed by atoms with Gasteiger partial charge in [-0.15, -0.1) is 0 Å². The monoisotopic (exact) mass is 408 g/mol. The molecule has 154 valence electrons. The van der Waals surface area contributed by atoms with E-state index in [1.807, 2.05) is 6.07 Å². The number of rotatable bonds is 9. The van der Waals surface area contributed by atoms with E-state index >= 15 is 0 Å². The second-order valence-electron chi connectivity index (χ2n) is 6.61. The highest BCUT2D eigenvalue weighted by Gasteiger charge is 2.15. The fraction of sp³-hybridized carbons (Fsp3) is 0.160. The Hall–Kier alpha value is -3.47. The zero-order valence-electron chi connectivity index (χ0n) is 16.4. The van der Waals surface area contributed by atoms with Gasteiger partial charge in [-0.3, -0.25) is 0 Å². The van der Waals surface area contributed by atoms with Crippen molar-refractivity contribution >= 4 is 5.97 Å². The molecule has 3 aromatic rings. The van der Waals surface area contributed by atoms with Crippen LogP contribution in [0.1, 0.15) is 12.8 Å². The first-order valence-corrected chi connectivity index (χ1v) is 9.66. The third-order valence-electron chi connectivity index (χ3n) is 4.55. The summed E-state index contributed by atoms with van der Waals surface area (Å²) in [7, 11) is 0. The zero-order valence-corrected chi connectivity index (χ0v) is 16.4. The van der Waals surface area contributed by atoms with Gasteiger partial charge in [0.2, 0.25) is 0 Å². The Bertz CT molecular complexity index is 999. The minimum atomic E-state index is -0.876. The number of hydrogen-bond donors (Lipinski definition) is 0. The summed E-state index contributed by atoms with van der Waals surface area (Å²) in [6, 6.07) is 18.9. The topological polar surface area (TPSA) is 35.5 Å². The highest BCUT2D eigenvalue weighted by Crippen LogP contribution is 2.32. The van der Waals surface area contributed by atoms with E-state index in [2.05, 4.69) is 6.58 Å². The van der Waals surface area contributed by atoms with Gasteiger partial charge in [0.1, 0.15) is 5.75 Å². The third-order valence-corrected chi connectivity index (χ3v) is 4.55. The molecular formula is C25H22F2O3. The van der Waals surface area contributed by atoms with Gasteiger partial charge < -0.3 is 9.47 Å². The predicted molar refractivity (Wildman–Crippen MR) is 113 cm³/mol. The number of hydrogen-bond acceptors (Lipinski definition) is 3. The fourth-order valence-corrected chi connectivity index (χ4v) is 2.97. The lowest BCUT2D eigenvalue weighted by Gasteiger charge is -2.10. The number of ether oxygens (including phenoxy) is 2. The molecule has 3 nitrogen and oxygen atoms in total. The first-order valence-electron chi connectivity index (χ1n) is 9.66. The lowest BCUT2D eigenvalue weighted by Crippen LogP contribution is -2.04. The first-order chi connectivity index (χ1) is 14.6. The van der Waals surface area contributed by atoms with Gasteiger partial charge in [-0.05, 0) is 36.1 Å². The normalized spacial score (nSPS) is 10.5. The fourth-order valence-electron chi connectivity index (χ4n) is 2.97. The summed E-state index contributed by atoms with van der Waals surface area (Å²) in [5.41, 5.74) is 1.62. The van der Waals surface area contributed by atoms with E-state index in [1.54, 1.807) is 60.7 Å². The van der Waals surface area contributed by atoms with Gasteiger partial charge in [0.05, 0.1) is 13.2 Å². The van der Waals surface area contributed by atoms with Gasteiger partial charge in [0.25, 0.3) is 0 Å². The van der Waals surface area contributed by atoms with Crippen molar-refractivity contribution in [3.63, 3.8) is 0 Å². The molecule has 0 bridgehead atoms. The molecule has 0 atom stereocenters. The van der Waals surface area contributed by atoms with E-state index in [1.165, 1.54) is 0 Å². The molecule has 0 aromatic heterocycles. The molecule has 3 aromatic carbocycles. The van der Waals surface area contributed by atoms with Crippen molar-refractivity contribution in [2.24, 2.45) is 0 Å². The Morgan fingerprint density at radius 2 is 1.37 bits per heavy atom. The van der Waals surface area contributed by atoms with E-state index in [0.717, 1.165) is 6.08 Å². The summed E-state index contributed by atoms with van der Waals surface area (Å²) in [5.74, 6) is -1.55. The van der Waals surface area contributed by atoms with Crippen LogP contribution in [-0.2, 0) is 9.53 Å². The molecule has 3 rings (SSSR count). The van der Waals surface area contributed by atoms with E-state index in [0.29, 0.717) is 42.9 Å². The van der Waals surface area contributed by atoms with Gasteiger partial charge in [-0.1, -0.05) is 61.2 Å². The Morgan fingerprint density at radius 3 is 1.97 bits per heavy atom. The van der Waals surface area contributed by atoms with Crippen molar-refractivity contribution in [1.82, 2.24) is 0 Å². The number of carbonyl (C=O) groups excluding carboxylic acids is 1. The molecule has 0 unspecified atom stereocenters. The van der Waals surface area contributed by atoms with E-state index in [9.17, 15) is 13.6 Å². The maximum atomic E-state index is 14.7. The summed E-state index contributed by atoms with van der Waals surface area (Å²) >= 11 is 0. The van der Waals surface area contributed by atoms with E-state index in [-0.39, 0.29) is 11.1 Å². The zero-order chi connectivity index (χ0) is 21.3. The van der Waals surface area contributed by atoms with Crippen LogP contribution in [0, 0.1) is 11.6 Å². The molecule has 0 spiro atoms. The lowest BCUT2D eigenvalue weighted by atomic mass is 9.99. The Balaban J connectivity index is 1.60. The second-order valence-corrected chi connectivity index (χ2v) is 6.61. The quantitative estimate of drug-likeness (QED) is 0.241. The van der Waals surface area contributed by atoms with Crippen molar-refractivity contribution in [3.8, 4) is 28.0 Å². The van der Waals surface area contributed by atoms with Gasteiger partial charge in [-0.2, -0.15) is 0 Å². The highest BCUT2D eigenvalue weighted by molar-refractivity contribution is 5.81. The van der Waals surface area contributed by atoms with Crippen LogP contribution in [0.5, 0.6) is 5.75 Å². The van der Waals surface area contributed by atoms with Crippen LogP contribution in [0.2, 0.25) is 0 Å². The number of unbranched alkanes of at least 4 members (excludes halogenated alkanes) is 1. The molecular weight excluding hydrogens is 386 g/mol. The lowest BCUT2D eigenvalue weighted by molar-refractivity contribution is -0.137. The largest absolute Gasteiger partial charge is 0.494 e. The molecule has 0 aliphatic rings. The summed E-state index contributed by atoms with van der Waals surface area (Å²) in [4.78, 5) is 10.9. The van der Waals surface area contributed by atoms with Gasteiger partial charge in [-0.25, -0.2) is 13.6 Å². The first kappa shape index (κ1) is 21.2. The molecule has 0 fully saturated rings. The molecule has 0 N–H and O–H groups in total. The van der Waals surface area contributed by atoms with E-state index in [4.69, 9.17) is 9.47 Å². The number of esters is 1. The molecule has 0 aliphatic carbocycles. The van der Waals surface area contributed by atoms with Crippen molar-refractivity contribution in [3.05, 3.63) is 91.0 Å². The van der Waals surface area contributed by atoms with Crippen molar-refractivity contribution in [2.45, 2.75) is 12.8 Å². The van der Waals surface area contributed by atoms with Crippen molar-refractivity contribution < 1.29 is 23.0 Å². The molecule has 0 heterocycles. The van der Waals surface area contributed by atoms with Crippen molar-refractivity contribution in [2.75, 3.05) is 13.2 Å². The van der Waals surface area contributed by atoms with Crippen LogP contribution in [0.4, 0.5) is 8.78 Å². The average molecular weight is 408 g/mol. The minimum Gasteiger partial charge on any atom is -0.494 e. The summed E-state index contributed by atoms with van der Waals surface area (Å²) < 4.78 is 39.8. The number of carbonyl (C=O) groups is 1. The molecule has 0 aliphatic heterocycles. The Labute approximate surface area is 174 Å². The molecule has 0 radical (unpaired) electrons. The van der Waals surface area contributed by atoms with Crippen LogP contribution in [0.15, 0.2) is 79.4 Å². The smallest absolute Gasteiger partial charge is 0.330 e. The standard InChI is InChI=1S/C25H22F2O3/c1-2-23(28)30-17-7-6-16-29-20-12-10-19(11-13-20)22-15-14-21(24(26)25(22)27)18-8-4-3-5-9-18/h2-5,8-15H,1,6-7,16-17H2. The van der Waals surface area contributed by atoms with Crippen molar-refractivity contribution in [1.29, 1.82) is 0 Å². The molecule has 30 heavy (non-hydrogen) atoms. The minimum absolute atomic E-state index is 0.197. The van der Waals surface area contributed by atoms with Gasteiger partial charge >= 0.3 is 5.97 Å². The maximum Gasteiger partial charge on any atom is 0.330 e. The summed E-state index contributed by atoms with van der Waals surface area (Å²) in [6.45, 7) is 4.10. The van der Waals surface area contributed by atoms with Crippen LogP contribution in [-0.4, -0.2) is 19.2 Å². The average Bonchev–Trinajstić information content (AvgIpc) is 2.79. The summed E-state index contributed by atoms with van der Waals surface area (Å²) in [5, 5.41) is 0. The van der Waals surface area contributed by atoms with Gasteiger partial charge in [0.15, 0.2) is 11.6 Å². The second kappa shape index (κ2) is 10.3. The van der Waals surface area contributed by atoms with Crippen LogP contribution < -0.4 is 4.74 Å². The predicted octanol–water partition coefficient (Wildman–Crippen LogP) is 6.19. The number of benzene rings is 3. The maximum absolute atomic E-state index is 14.7. The Kier molecular flexibility index (Phi) is 7.33. The Morgan fingerprint density at radius 1 is 0.800 bits per heavy atom. The molecule has 0 saturated heterocycles. The van der Waals surface area contributed by atoms with Crippen LogP contribution in [0.3, 0.4) is 0 Å². The third kappa shape index (κ3) is 5.32.